The second-order valence-electron chi connectivity index (χ2n) is 6.47. The van der Waals surface area contributed by atoms with E-state index in [9.17, 15) is 4.79 Å². The molecule has 0 bridgehead atoms. The van der Waals surface area contributed by atoms with Gasteiger partial charge in [-0.25, -0.2) is 0 Å². The summed E-state index contributed by atoms with van der Waals surface area (Å²) in [5.74, 6) is 1.20. The van der Waals surface area contributed by atoms with Gasteiger partial charge in [-0.2, -0.15) is 0 Å². The summed E-state index contributed by atoms with van der Waals surface area (Å²) in [7, 11) is 0. The second kappa shape index (κ2) is 5.29. The third kappa shape index (κ3) is 2.24. The molecule has 114 valence electrons. The van der Waals surface area contributed by atoms with Crippen molar-refractivity contribution >= 4 is 5.91 Å². The van der Waals surface area contributed by atoms with E-state index in [4.69, 9.17) is 10.2 Å². The number of likely N-dealkylation sites (tertiary alicyclic amines) is 1. The van der Waals surface area contributed by atoms with Crippen LogP contribution >= 0.6 is 0 Å². The van der Waals surface area contributed by atoms with Crippen molar-refractivity contribution in [3.63, 3.8) is 0 Å². The Balaban J connectivity index is 1.55. The van der Waals surface area contributed by atoms with E-state index >= 15 is 0 Å². The molecule has 0 radical (unpaired) electrons. The van der Waals surface area contributed by atoms with E-state index in [2.05, 4.69) is 0 Å². The minimum atomic E-state index is 0.118. The first kappa shape index (κ1) is 13.6. The molecule has 3 atom stereocenters. The molecular formula is C18H20N2O2. The van der Waals surface area contributed by atoms with Gasteiger partial charge in [0.25, 0.3) is 5.91 Å². The first-order valence-electron chi connectivity index (χ1n) is 7.90. The van der Waals surface area contributed by atoms with Crippen molar-refractivity contribution in [1.29, 1.82) is 0 Å². The average molecular weight is 296 g/mol. The third-order valence-corrected chi connectivity index (χ3v) is 5.16. The molecule has 1 amide bonds. The number of rotatable bonds is 2. The van der Waals surface area contributed by atoms with Crippen LogP contribution in [0.4, 0.5) is 0 Å². The SMILES string of the molecule is NC1CCC2CN(C(=O)c3cccc(-c4ccoc4)c3)CC12. The van der Waals surface area contributed by atoms with Crippen LogP contribution in [0.3, 0.4) is 0 Å². The monoisotopic (exact) mass is 296 g/mol. The molecule has 1 saturated carbocycles. The van der Waals surface area contributed by atoms with Gasteiger partial charge in [-0.15, -0.1) is 0 Å². The Morgan fingerprint density at radius 3 is 2.86 bits per heavy atom. The number of amides is 1. The van der Waals surface area contributed by atoms with Crippen LogP contribution in [0.25, 0.3) is 11.1 Å². The van der Waals surface area contributed by atoms with Gasteiger partial charge >= 0.3 is 0 Å². The Labute approximate surface area is 129 Å². The molecule has 4 rings (SSSR count). The van der Waals surface area contributed by atoms with Crippen molar-refractivity contribution in [2.75, 3.05) is 13.1 Å². The minimum absolute atomic E-state index is 0.118. The minimum Gasteiger partial charge on any atom is -0.472 e. The number of carbonyl (C=O) groups is 1. The van der Waals surface area contributed by atoms with Crippen molar-refractivity contribution in [2.24, 2.45) is 17.6 Å². The Hall–Kier alpha value is -2.07. The van der Waals surface area contributed by atoms with E-state index in [0.29, 0.717) is 11.8 Å². The molecule has 3 unspecified atom stereocenters. The highest BCUT2D eigenvalue weighted by atomic mass is 16.3. The summed E-state index contributed by atoms with van der Waals surface area (Å²) in [5, 5.41) is 0. The lowest BCUT2D eigenvalue weighted by atomic mass is 9.98. The van der Waals surface area contributed by atoms with Crippen LogP contribution in [-0.4, -0.2) is 29.9 Å². The summed E-state index contributed by atoms with van der Waals surface area (Å²) in [5.41, 5.74) is 8.91. The molecule has 1 aliphatic carbocycles. The molecule has 22 heavy (non-hydrogen) atoms. The second-order valence-corrected chi connectivity index (χ2v) is 6.47. The van der Waals surface area contributed by atoms with Gasteiger partial charge < -0.3 is 15.1 Å². The number of nitrogens with two attached hydrogens (primary N) is 1. The van der Waals surface area contributed by atoms with Crippen LogP contribution in [0.15, 0.2) is 47.3 Å². The van der Waals surface area contributed by atoms with Gasteiger partial charge in [0.15, 0.2) is 0 Å². The van der Waals surface area contributed by atoms with Crippen LogP contribution in [0, 0.1) is 11.8 Å². The smallest absolute Gasteiger partial charge is 0.253 e. The van der Waals surface area contributed by atoms with Gasteiger partial charge in [0, 0.05) is 30.3 Å². The lowest BCUT2D eigenvalue weighted by molar-refractivity contribution is 0.0779. The summed E-state index contributed by atoms with van der Waals surface area (Å²) < 4.78 is 5.12. The number of nitrogens with zero attached hydrogens (tertiary/aromatic N) is 1. The van der Waals surface area contributed by atoms with E-state index in [1.807, 2.05) is 35.2 Å². The van der Waals surface area contributed by atoms with Crippen molar-refractivity contribution in [2.45, 2.75) is 18.9 Å². The summed E-state index contributed by atoms with van der Waals surface area (Å²) in [6.45, 7) is 1.66. The zero-order valence-corrected chi connectivity index (χ0v) is 12.4. The van der Waals surface area contributed by atoms with Gasteiger partial charge in [0.05, 0.1) is 12.5 Å². The summed E-state index contributed by atoms with van der Waals surface area (Å²) in [6, 6.07) is 9.93. The molecule has 1 aliphatic heterocycles. The van der Waals surface area contributed by atoms with Crippen LogP contribution in [0.2, 0.25) is 0 Å². The van der Waals surface area contributed by atoms with Gasteiger partial charge in [0.2, 0.25) is 0 Å². The zero-order chi connectivity index (χ0) is 15.1. The fraction of sp³-hybridized carbons (Fsp3) is 0.389. The van der Waals surface area contributed by atoms with Crippen molar-refractivity contribution in [1.82, 2.24) is 4.90 Å². The fourth-order valence-corrected chi connectivity index (χ4v) is 3.92. The Kier molecular flexibility index (Phi) is 3.26. The molecule has 1 aromatic heterocycles. The maximum absolute atomic E-state index is 12.8. The number of hydrogen-bond acceptors (Lipinski definition) is 3. The van der Waals surface area contributed by atoms with Gasteiger partial charge in [-0.05, 0) is 48.4 Å². The molecule has 2 heterocycles. The summed E-state index contributed by atoms with van der Waals surface area (Å²) in [6.07, 6.45) is 5.60. The van der Waals surface area contributed by atoms with Crippen LogP contribution < -0.4 is 5.73 Å². The Bertz CT molecular complexity index is 680. The number of carbonyl (C=O) groups excluding carboxylic acids is 1. The first-order valence-corrected chi connectivity index (χ1v) is 7.90. The molecule has 1 aromatic carbocycles. The number of hydrogen-bond donors (Lipinski definition) is 1. The van der Waals surface area contributed by atoms with Crippen molar-refractivity contribution < 1.29 is 9.21 Å². The number of furan rings is 1. The number of fused-ring (bicyclic) bond motifs is 1. The van der Waals surface area contributed by atoms with Gasteiger partial charge in [-0.3, -0.25) is 4.79 Å². The van der Waals surface area contributed by atoms with E-state index in [1.54, 1.807) is 12.5 Å². The Morgan fingerprint density at radius 1 is 1.18 bits per heavy atom. The molecular weight excluding hydrogens is 276 g/mol. The van der Waals surface area contributed by atoms with E-state index < -0.39 is 0 Å². The van der Waals surface area contributed by atoms with Crippen molar-refractivity contribution in [3.8, 4) is 11.1 Å². The first-order chi connectivity index (χ1) is 10.7. The van der Waals surface area contributed by atoms with Gasteiger partial charge in [-0.1, -0.05) is 12.1 Å². The van der Waals surface area contributed by atoms with Gasteiger partial charge in [0.1, 0.15) is 0 Å². The predicted molar refractivity (Wildman–Crippen MR) is 84.2 cm³/mol. The van der Waals surface area contributed by atoms with Crippen LogP contribution in [0.1, 0.15) is 23.2 Å². The lowest BCUT2D eigenvalue weighted by Crippen LogP contribution is -2.33. The van der Waals surface area contributed by atoms with E-state index in [-0.39, 0.29) is 11.9 Å². The predicted octanol–water partition coefficient (Wildman–Crippen LogP) is 2.76. The normalized spacial score (nSPS) is 27.1. The lowest BCUT2D eigenvalue weighted by Gasteiger charge is -2.19. The van der Waals surface area contributed by atoms with E-state index in [1.165, 1.54) is 0 Å². The highest BCUT2D eigenvalue weighted by Gasteiger charge is 2.42. The zero-order valence-electron chi connectivity index (χ0n) is 12.4. The third-order valence-electron chi connectivity index (χ3n) is 5.16. The maximum atomic E-state index is 12.8. The molecule has 2 aliphatic rings. The van der Waals surface area contributed by atoms with Crippen LogP contribution in [0.5, 0.6) is 0 Å². The average Bonchev–Trinajstić information content (AvgIpc) is 3.25. The largest absolute Gasteiger partial charge is 0.472 e. The van der Waals surface area contributed by atoms with Crippen molar-refractivity contribution in [3.05, 3.63) is 48.4 Å². The molecule has 2 aromatic rings. The maximum Gasteiger partial charge on any atom is 0.253 e. The van der Waals surface area contributed by atoms with E-state index in [0.717, 1.165) is 42.6 Å². The van der Waals surface area contributed by atoms with Crippen LogP contribution in [-0.2, 0) is 0 Å². The molecule has 2 N–H and O–H groups in total. The molecule has 2 fully saturated rings. The molecule has 0 spiro atoms. The highest BCUT2D eigenvalue weighted by Crippen LogP contribution is 2.37. The molecule has 4 heteroatoms. The molecule has 1 saturated heterocycles. The summed E-state index contributed by atoms with van der Waals surface area (Å²) >= 11 is 0. The quantitative estimate of drug-likeness (QED) is 0.927. The highest BCUT2D eigenvalue weighted by molar-refractivity contribution is 5.95. The standard InChI is InChI=1S/C18H20N2O2/c19-17-5-4-14-9-20(10-16(14)17)18(21)13-3-1-2-12(8-13)15-6-7-22-11-15/h1-3,6-8,11,14,16-17H,4-5,9-10,19H2. The topological polar surface area (TPSA) is 59.5 Å². The Morgan fingerprint density at radius 2 is 2.09 bits per heavy atom. The molecule has 4 nitrogen and oxygen atoms in total. The fourth-order valence-electron chi connectivity index (χ4n) is 3.92. The number of benzene rings is 1. The summed E-state index contributed by atoms with van der Waals surface area (Å²) in [4.78, 5) is 14.7.